The summed E-state index contributed by atoms with van der Waals surface area (Å²) in [6, 6.07) is 5.35. The van der Waals surface area contributed by atoms with Crippen molar-refractivity contribution >= 4 is 17.5 Å². The lowest BCUT2D eigenvalue weighted by Crippen LogP contribution is -2.50. The number of carbonyl (C=O) groups is 2. The smallest absolute Gasteiger partial charge is 0.238 e. The van der Waals surface area contributed by atoms with Gasteiger partial charge in [-0.1, -0.05) is 6.07 Å². The fourth-order valence-electron chi connectivity index (χ4n) is 1.95. The zero-order valence-electron chi connectivity index (χ0n) is 10.4. The molecule has 1 aliphatic rings. The summed E-state index contributed by atoms with van der Waals surface area (Å²) in [6.45, 7) is 0.709. The number of hydrogen-bond donors (Lipinski definition) is 3. The first kappa shape index (κ1) is 13.5. The van der Waals surface area contributed by atoms with Crippen LogP contribution in [-0.4, -0.2) is 30.9 Å². The van der Waals surface area contributed by atoms with Crippen molar-refractivity contribution < 1.29 is 14.0 Å². The van der Waals surface area contributed by atoms with Crippen LogP contribution in [0.1, 0.15) is 12.8 Å². The molecule has 102 valence electrons. The topological polar surface area (TPSA) is 70.2 Å². The summed E-state index contributed by atoms with van der Waals surface area (Å²) >= 11 is 0. The number of anilines is 1. The number of rotatable bonds is 4. The van der Waals surface area contributed by atoms with E-state index in [-0.39, 0.29) is 24.4 Å². The SMILES string of the molecule is O=C(CNC1CCCNC1=O)Nc1cccc(F)c1. The molecule has 0 radical (unpaired) electrons. The average molecular weight is 265 g/mol. The van der Waals surface area contributed by atoms with Crippen molar-refractivity contribution in [2.24, 2.45) is 0 Å². The third kappa shape index (κ3) is 4.03. The Morgan fingerprint density at radius 1 is 1.47 bits per heavy atom. The summed E-state index contributed by atoms with van der Waals surface area (Å²) in [7, 11) is 0. The quantitative estimate of drug-likeness (QED) is 0.748. The molecule has 1 unspecified atom stereocenters. The zero-order valence-corrected chi connectivity index (χ0v) is 10.4. The molecule has 1 fully saturated rings. The Morgan fingerprint density at radius 2 is 2.32 bits per heavy atom. The first-order valence-electron chi connectivity index (χ1n) is 6.21. The number of carbonyl (C=O) groups excluding carboxylic acids is 2. The van der Waals surface area contributed by atoms with E-state index in [0.717, 1.165) is 12.8 Å². The summed E-state index contributed by atoms with van der Waals surface area (Å²) in [5.74, 6) is -0.786. The fourth-order valence-corrected chi connectivity index (χ4v) is 1.95. The van der Waals surface area contributed by atoms with E-state index in [1.54, 1.807) is 6.07 Å². The molecule has 0 spiro atoms. The molecule has 0 aromatic heterocycles. The van der Waals surface area contributed by atoms with Crippen LogP contribution in [0.25, 0.3) is 0 Å². The van der Waals surface area contributed by atoms with E-state index in [9.17, 15) is 14.0 Å². The van der Waals surface area contributed by atoms with E-state index in [2.05, 4.69) is 16.0 Å². The predicted molar refractivity (Wildman–Crippen MR) is 69.1 cm³/mol. The van der Waals surface area contributed by atoms with E-state index in [1.165, 1.54) is 18.2 Å². The number of amides is 2. The molecule has 1 aromatic rings. The second-order valence-corrected chi connectivity index (χ2v) is 4.43. The summed E-state index contributed by atoms with van der Waals surface area (Å²) in [5.41, 5.74) is 0.403. The molecular formula is C13H16FN3O2. The minimum Gasteiger partial charge on any atom is -0.355 e. The van der Waals surface area contributed by atoms with Crippen molar-refractivity contribution in [2.75, 3.05) is 18.4 Å². The molecule has 1 aromatic carbocycles. The molecule has 5 nitrogen and oxygen atoms in total. The lowest BCUT2D eigenvalue weighted by Gasteiger charge is -2.22. The van der Waals surface area contributed by atoms with Gasteiger partial charge in [0, 0.05) is 12.2 Å². The van der Waals surface area contributed by atoms with Gasteiger partial charge in [0.15, 0.2) is 0 Å². The monoisotopic (exact) mass is 265 g/mol. The second-order valence-electron chi connectivity index (χ2n) is 4.43. The zero-order chi connectivity index (χ0) is 13.7. The standard InChI is InChI=1S/C13H16FN3O2/c14-9-3-1-4-10(7-9)17-12(18)8-16-11-5-2-6-15-13(11)19/h1,3-4,7,11,16H,2,5-6,8H2,(H,15,19)(H,17,18). The molecule has 1 heterocycles. The summed E-state index contributed by atoms with van der Waals surface area (Å²) in [6.07, 6.45) is 1.62. The van der Waals surface area contributed by atoms with E-state index >= 15 is 0 Å². The lowest BCUT2D eigenvalue weighted by atomic mass is 10.1. The van der Waals surface area contributed by atoms with Crippen LogP contribution in [0.3, 0.4) is 0 Å². The average Bonchev–Trinajstić information content (AvgIpc) is 2.38. The molecule has 0 aliphatic carbocycles. The maximum atomic E-state index is 12.9. The Hall–Kier alpha value is -1.95. The van der Waals surface area contributed by atoms with Gasteiger partial charge in [-0.2, -0.15) is 0 Å². The Labute approximate surface area is 110 Å². The molecular weight excluding hydrogens is 249 g/mol. The fraction of sp³-hybridized carbons (Fsp3) is 0.385. The van der Waals surface area contributed by atoms with Gasteiger partial charge in [0.1, 0.15) is 5.82 Å². The lowest BCUT2D eigenvalue weighted by molar-refractivity contribution is -0.124. The molecule has 2 rings (SSSR count). The van der Waals surface area contributed by atoms with Crippen LogP contribution in [0, 0.1) is 5.82 Å². The Bertz CT molecular complexity index is 479. The third-order valence-corrected chi connectivity index (χ3v) is 2.90. The first-order chi connectivity index (χ1) is 9.15. The normalized spacial score (nSPS) is 18.8. The van der Waals surface area contributed by atoms with Gasteiger partial charge in [0.25, 0.3) is 0 Å². The van der Waals surface area contributed by atoms with Crippen molar-refractivity contribution in [3.8, 4) is 0 Å². The predicted octanol–water partition coefficient (Wildman–Crippen LogP) is 0.632. The van der Waals surface area contributed by atoms with Gasteiger partial charge in [-0.25, -0.2) is 4.39 Å². The first-order valence-corrected chi connectivity index (χ1v) is 6.21. The minimum absolute atomic E-state index is 0.0224. The number of piperidine rings is 1. The van der Waals surface area contributed by atoms with Gasteiger partial charge in [-0.05, 0) is 31.0 Å². The van der Waals surface area contributed by atoms with Crippen molar-refractivity contribution in [2.45, 2.75) is 18.9 Å². The highest BCUT2D eigenvalue weighted by molar-refractivity contribution is 5.92. The molecule has 3 N–H and O–H groups in total. The van der Waals surface area contributed by atoms with Crippen molar-refractivity contribution in [1.29, 1.82) is 0 Å². The highest BCUT2D eigenvalue weighted by Crippen LogP contribution is 2.08. The maximum Gasteiger partial charge on any atom is 0.238 e. The van der Waals surface area contributed by atoms with Gasteiger partial charge in [0.05, 0.1) is 12.6 Å². The molecule has 2 amide bonds. The van der Waals surface area contributed by atoms with E-state index in [4.69, 9.17) is 0 Å². The van der Waals surface area contributed by atoms with E-state index < -0.39 is 5.82 Å². The molecule has 6 heteroatoms. The molecule has 1 atom stereocenters. The van der Waals surface area contributed by atoms with E-state index in [0.29, 0.717) is 12.2 Å². The van der Waals surface area contributed by atoms with Crippen LogP contribution in [0.4, 0.5) is 10.1 Å². The maximum absolute atomic E-state index is 12.9. The van der Waals surface area contributed by atoms with Crippen molar-refractivity contribution in [3.05, 3.63) is 30.1 Å². The second kappa shape index (κ2) is 6.29. The molecule has 1 saturated heterocycles. The molecule has 0 saturated carbocycles. The van der Waals surface area contributed by atoms with Crippen LogP contribution in [-0.2, 0) is 9.59 Å². The minimum atomic E-state index is -0.405. The van der Waals surface area contributed by atoms with Gasteiger partial charge >= 0.3 is 0 Å². The third-order valence-electron chi connectivity index (χ3n) is 2.90. The van der Waals surface area contributed by atoms with Crippen molar-refractivity contribution in [3.63, 3.8) is 0 Å². The molecule has 19 heavy (non-hydrogen) atoms. The Kier molecular flexibility index (Phi) is 4.46. The summed E-state index contributed by atoms with van der Waals surface area (Å²) < 4.78 is 12.9. The van der Waals surface area contributed by atoms with Crippen LogP contribution in [0.15, 0.2) is 24.3 Å². The van der Waals surface area contributed by atoms with Crippen molar-refractivity contribution in [1.82, 2.24) is 10.6 Å². The van der Waals surface area contributed by atoms with Crippen LogP contribution in [0.5, 0.6) is 0 Å². The molecule has 1 aliphatic heterocycles. The molecule has 0 bridgehead atoms. The van der Waals surface area contributed by atoms with Gasteiger partial charge < -0.3 is 10.6 Å². The number of benzene rings is 1. The van der Waals surface area contributed by atoms with Crippen LogP contribution in [0.2, 0.25) is 0 Å². The van der Waals surface area contributed by atoms with E-state index in [1.807, 2.05) is 0 Å². The largest absolute Gasteiger partial charge is 0.355 e. The number of halogens is 1. The number of nitrogens with one attached hydrogen (secondary N) is 3. The van der Waals surface area contributed by atoms with Gasteiger partial charge in [-0.15, -0.1) is 0 Å². The highest BCUT2D eigenvalue weighted by atomic mass is 19.1. The van der Waals surface area contributed by atoms with Gasteiger partial charge in [0.2, 0.25) is 11.8 Å². The number of hydrogen-bond acceptors (Lipinski definition) is 3. The van der Waals surface area contributed by atoms with Crippen LogP contribution >= 0.6 is 0 Å². The summed E-state index contributed by atoms with van der Waals surface area (Å²) in [5, 5.41) is 8.18. The van der Waals surface area contributed by atoms with Gasteiger partial charge in [-0.3, -0.25) is 14.9 Å². The highest BCUT2D eigenvalue weighted by Gasteiger charge is 2.21. The Morgan fingerprint density at radius 3 is 3.05 bits per heavy atom. The van der Waals surface area contributed by atoms with Crippen LogP contribution < -0.4 is 16.0 Å². The Balaban J connectivity index is 1.80. The summed E-state index contributed by atoms with van der Waals surface area (Å²) in [4.78, 5) is 23.1.